The van der Waals surface area contributed by atoms with Crippen LogP contribution >= 0.6 is 0 Å². The molecule has 1 unspecified atom stereocenters. The fraction of sp³-hybridized carbons (Fsp3) is 0.667. The molecule has 0 amide bonds. The van der Waals surface area contributed by atoms with E-state index in [0.29, 0.717) is 12.6 Å². The second kappa shape index (κ2) is 6.47. The number of piperidine rings is 1. The van der Waals surface area contributed by atoms with Crippen LogP contribution in [0.4, 0.5) is 0 Å². The molecule has 1 fully saturated rings. The van der Waals surface area contributed by atoms with E-state index in [-0.39, 0.29) is 5.60 Å². The fourth-order valence-corrected chi connectivity index (χ4v) is 3.67. The first-order valence-electron chi connectivity index (χ1n) is 8.53. The lowest BCUT2D eigenvalue weighted by molar-refractivity contribution is -0.0201. The standard InChI is InChI=1S/C18H28N2O2/c1-4-19-16-13-18(8-10-20(3)11-9-18)22-17-7-6-14(21-5-2)12-15(16)17/h6-7,12,16,19H,4-5,8-11,13H2,1-3H3. The van der Waals surface area contributed by atoms with Crippen molar-refractivity contribution in [3.63, 3.8) is 0 Å². The summed E-state index contributed by atoms with van der Waals surface area (Å²) in [7, 11) is 2.19. The molecule has 1 atom stereocenters. The van der Waals surface area contributed by atoms with Gasteiger partial charge in [0, 0.05) is 31.1 Å². The molecule has 1 aromatic carbocycles. The number of rotatable bonds is 4. The molecule has 2 aliphatic heterocycles. The van der Waals surface area contributed by atoms with Crippen LogP contribution in [0.3, 0.4) is 0 Å². The minimum absolute atomic E-state index is 0.000519. The Morgan fingerprint density at radius 2 is 2.09 bits per heavy atom. The second-order valence-electron chi connectivity index (χ2n) is 6.54. The van der Waals surface area contributed by atoms with Gasteiger partial charge in [0.25, 0.3) is 0 Å². The van der Waals surface area contributed by atoms with Crippen LogP contribution in [0, 0.1) is 0 Å². The zero-order chi connectivity index (χ0) is 15.6. The summed E-state index contributed by atoms with van der Waals surface area (Å²) in [6, 6.07) is 6.62. The number of fused-ring (bicyclic) bond motifs is 1. The first-order chi connectivity index (χ1) is 10.7. The number of hydrogen-bond donors (Lipinski definition) is 1. The van der Waals surface area contributed by atoms with Crippen molar-refractivity contribution in [2.45, 2.75) is 44.8 Å². The summed E-state index contributed by atoms with van der Waals surface area (Å²) in [5.41, 5.74) is 1.25. The Morgan fingerprint density at radius 3 is 2.77 bits per heavy atom. The van der Waals surface area contributed by atoms with E-state index in [1.54, 1.807) is 0 Å². The highest BCUT2D eigenvalue weighted by Crippen LogP contribution is 2.45. The minimum atomic E-state index is -0.000519. The smallest absolute Gasteiger partial charge is 0.125 e. The van der Waals surface area contributed by atoms with Gasteiger partial charge < -0.3 is 19.7 Å². The molecule has 1 N–H and O–H groups in total. The van der Waals surface area contributed by atoms with E-state index in [1.807, 2.05) is 13.0 Å². The van der Waals surface area contributed by atoms with Gasteiger partial charge in [0.2, 0.25) is 0 Å². The number of nitrogens with zero attached hydrogens (tertiary/aromatic N) is 1. The molecule has 22 heavy (non-hydrogen) atoms. The molecule has 2 heterocycles. The third-order valence-corrected chi connectivity index (χ3v) is 4.92. The zero-order valence-corrected chi connectivity index (χ0v) is 14.0. The van der Waals surface area contributed by atoms with E-state index >= 15 is 0 Å². The van der Waals surface area contributed by atoms with Crippen LogP contribution in [0.5, 0.6) is 11.5 Å². The van der Waals surface area contributed by atoms with Crippen molar-refractivity contribution in [1.82, 2.24) is 10.2 Å². The maximum absolute atomic E-state index is 6.50. The molecule has 3 rings (SSSR count). The molecule has 4 heteroatoms. The molecule has 1 spiro atoms. The van der Waals surface area contributed by atoms with Crippen molar-refractivity contribution in [3.8, 4) is 11.5 Å². The molecule has 0 aliphatic carbocycles. The van der Waals surface area contributed by atoms with E-state index in [2.05, 4.69) is 36.3 Å². The molecule has 0 radical (unpaired) electrons. The third-order valence-electron chi connectivity index (χ3n) is 4.92. The van der Waals surface area contributed by atoms with Crippen LogP contribution in [0.1, 0.15) is 44.7 Å². The highest BCUT2D eigenvalue weighted by Gasteiger charge is 2.42. The number of nitrogens with one attached hydrogen (secondary N) is 1. The second-order valence-corrected chi connectivity index (χ2v) is 6.54. The van der Waals surface area contributed by atoms with E-state index in [4.69, 9.17) is 9.47 Å². The Bertz CT molecular complexity index is 510. The van der Waals surface area contributed by atoms with Crippen LogP contribution in [0.25, 0.3) is 0 Å². The van der Waals surface area contributed by atoms with Gasteiger partial charge in [-0.3, -0.25) is 0 Å². The SMILES string of the molecule is CCNC1CC2(CCN(C)CC2)Oc2ccc(OCC)cc21. The minimum Gasteiger partial charge on any atom is -0.494 e. The number of likely N-dealkylation sites (tertiary alicyclic amines) is 1. The lowest BCUT2D eigenvalue weighted by atomic mass is 9.80. The van der Waals surface area contributed by atoms with E-state index in [1.165, 1.54) is 5.56 Å². The van der Waals surface area contributed by atoms with Gasteiger partial charge in [0.05, 0.1) is 6.61 Å². The maximum Gasteiger partial charge on any atom is 0.125 e. The molecule has 1 saturated heterocycles. The predicted octanol–water partition coefficient (Wildman–Crippen LogP) is 2.98. The van der Waals surface area contributed by atoms with Gasteiger partial charge in [-0.2, -0.15) is 0 Å². The Morgan fingerprint density at radius 1 is 1.32 bits per heavy atom. The van der Waals surface area contributed by atoms with Crippen LogP contribution in [-0.2, 0) is 0 Å². The number of ether oxygens (including phenoxy) is 2. The summed E-state index contributed by atoms with van der Waals surface area (Å²) in [5.74, 6) is 1.97. The van der Waals surface area contributed by atoms with Gasteiger partial charge in [0.15, 0.2) is 0 Å². The van der Waals surface area contributed by atoms with E-state index in [0.717, 1.165) is 50.4 Å². The summed E-state index contributed by atoms with van der Waals surface area (Å²) in [6.07, 6.45) is 3.27. The Balaban J connectivity index is 1.88. The first kappa shape index (κ1) is 15.6. The summed E-state index contributed by atoms with van der Waals surface area (Å²) in [5, 5.41) is 3.64. The van der Waals surface area contributed by atoms with Gasteiger partial charge in [-0.05, 0) is 51.6 Å². The van der Waals surface area contributed by atoms with Crippen LogP contribution < -0.4 is 14.8 Å². The normalized spacial score (nSPS) is 23.9. The molecular formula is C18H28N2O2. The highest BCUT2D eigenvalue weighted by molar-refractivity contribution is 5.44. The van der Waals surface area contributed by atoms with Crippen LogP contribution in [0.2, 0.25) is 0 Å². The van der Waals surface area contributed by atoms with Crippen molar-refractivity contribution in [2.75, 3.05) is 33.3 Å². The molecule has 0 saturated carbocycles. The number of benzene rings is 1. The molecule has 4 nitrogen and oxygen atoms in total. The van der Waals surface area contributed by atoms with Gasteiger partial charge in [-0.1, -0.05) is 6.92 Å². The van der Waals surface area contributed by atoms with Crippen LogP contribution in [-0.4, -0.2) is 43.8 Å². The average Bonchev–Trinajstić information content (AvgIpc) is 2.52. The summed E-state index contributed by atoms with van der Waals surface area (Å²) >= 11 is 0. The predicted molar refractivity (Wildman–Crippen MR) is 88.7 cm³/mol. The zero-order valence-electron chi connectivity index (χ0n) is 14.0. The van der Waals surface area contributed by atoms with Gasteiger partial charge in [-0.15, -0.1) is 0 Å². The largest absolute Gasteiger partial charge is 0.494 e. The average molecular weight is 304 g/mol. The number of hydrogen-bond acceptors (Lipinski definition) is 4. The van der Waals surface area contributed by atoms with E-state index < -0.39 is 0 Å². The summed E-state index contributed by atoms with van der Waals surface area (Å²) in [4.78, 5) is 2.39. The molecule has 0 bridgehead atoms. The summed E-state index contributed by atoms with van der Waals surface area (Å²) < 4.78 is 12.2. The molecule has 0 aromatic heterocycles. The summed E-state index contributed by atoms with van der Waals surface area (Å²) in [6.45, 7) is 8.09. The maximum atomic E-state index is 6.50. The lowest BCUT2D eigenvalue weighted by Gasteiger charge is -2.46. The van der Waals surface area contributed by atoms with Crippen LogP contribution in [0.15, 0.2) is 18.2 Å². The fourth-order valence-electron chi connectivity index (χ4n) is 3.67. The van der Waals surface area contributed by atoms with Crippen molar-refractivity contribution < 1.29 is 9.47 Å². The third kappa shape index (κ3) is 3.08. The molecule has 1 aromatic rings. The monoisotopic (exact) mass is 304 g/mol. The van der Waals surface area contributed by atoms with Crippen molar-refractivity contribution >= 4 is 0 Å². The Hall–Kier alpha value is -1.26. The quantitative estimate of drug-likeness (QED) is 0.927. The van der Waals surface area contributed by atoms with Crippen molar-refractivity contribution in [2.24, 2.45) is 0 Å². The highest BCUT2D eigenvalue weighted by atomic mass is 16.5. The molecule has 2 aliphatic rings. The Kier molecular flexibility index (Phi) is 4.59. The van der Waals surface area contributed by atoms with E-state index in [9.17, 15) is 0 Å². The van der Waals surface area contributed by atoms with Crippen molar-refractivity contribution in [1.29, 1.82) is 0 Å². The topological polar surface area (TPSA) is 33.7 Å². The molecule has 122 valence electrons. The van der Waals surface area contributed by atoms with Gasteiger partial charge >= 0.3 is 0 Å². The van der Waals surface area contributed by atoms with Gasteiger partial charge in [0.1, 0.15) is 17.1 Å². The first-order valence-corrected chi connectivity index (χ1v) is 8.53. The Labute approximate surface area is 133 Å². The molecular weight excluding hydrogens is 276 g/mol. The lowest BCUT2D eigenvalue weighted by Crippen LogP contribution is -2.51. The van der Waals surface area contributed by atoms with Crippen molar-refractivity contribution in [3.05, 3.63) is 23.8 Å². The van der Waals surface area contributed by atoms with Gasteiger partial charge in [-0.25, -0.2) is 0 Å².